The maximum Gasteiger partial charge on any atom is 0.338 e. The van der Waals surface area contributed by atoms with Crippen molar-refractivity contribution in [3.05, 3.63) is 64.7 Å². The summed E-state index contributed by atoms with van der Waals surface area (Å²) in [5, 5.41) is 2.80. The van der Waals surface area contributed by atoms with E-state index in [4.69, 9.17) is 21.1 Å². The Hall–Kier alpha value is -2.46. The van der Waals surface area contributed by atoms with Gasteiger partial charge in [-0.05, 0) is 43.5 Å². The highest BCUT2D eigenvalue weighted by atomic mass is 35.5. The first-order chi connectivity index (χ1) is 15.8. The van der Waals surface area contributed by atoms with Gasteiger partial charge in [-0.15, -0.1) is 0 Å². The van der Waals surface area contributed by atoms with Crippen molar-refractivity contribution < 1.29 is 27.5 Å². The lowest BCUT2D eigenvalue weighted by Gasteiger charge is -2.26. The Morgan fingerprint density at radius 3 is 2.55 bits per heavy atom. The quantitative estimate of drug-likeness (QED) is 0.538. The number of hydrogen-bond acceptors (Lipinski definition) is 6. The second-order valence-electron chi connectivity index (χ2n) is 7.73. The van der Waals surface area contributed by atoms with Crippen LogP contribution in [0.25, 0.3) is 0 Å². The number of ether oxygens (including phenoxy) is 2. The summed E-state index contributed by atoms with van der Waals surface area (Å²) < 4.78 is 37.3. The molecule has 33 heavy (non-hydrogen) atoms. The summed E-state index contributed by atoms with van der Waals surface area (Å²) in [4.78, 5) is 24.4. The van der Waals surface area contributed by atoms with Crippen LogP contribution < -0.4 is 5.32 Å². The first-order valence-electron chi connectivity index (χ1n) is 10.6. The summed E-state index contributed by atoms with van der Waals surface area (Å²) in [7, 11) is -3.89. The minimum atomic E-state index is -3.89. The number of nitrogens with zero attached hydrogens (tertiary/aromatic N) is 1. The Labute approximate surface area is 198 Å². The molecule has 1 fully saturated rings. The van der Waals surface area contributed by atoms with Crippen LogP contribution in [0.15, 0.2) is 53.4 Å². The summed E-state index contributed by atoms with van der Waals surface area (Å²) >= 11 is 6.11. The minimum absolute atomic E-state index is 0.00280. The molecule has 3 rings (SSSR count). The zero-order valence-electron chi connectivity index (χ0n) is 18.3. The van der Waals surface area contributed by atoms with Crippen LogP contribution in [0.5, 0.6) is 0 Å². The third-order valence-corrected chi connectivity index (χ3v) is 7.59. The van der Waals surface area contributed by atoms with E-state index in [1.807, 2.05) is 37.3 Å². The van der Waals surface area contributed by atoms with Crippen LogP contribution in [0.2, 0.25) is 5.02 Å². The highest BCUT2D eigenvalue weighted by Crippen LogP contribution is 2.26. The Bertz CT molecular complexity index is 1070. The maximum absolute atomic E-state index is 12.9. The molecule has 0 saturated carbocycles. The fourth-order valence-corrected chi connectivity index (χ4v) is 5.29. The van der Waals surface area contributed by atoms with Crippen LogP contribution in [0.3, 0.4) is 0 Å². The van der Waals surface area contributed by atoms with Gasteiger partial charge in [0.1, 0.15) is 4.90 Å². The smallest absolute Gasteiger partial charge is 0.338 e. The summed E-state index contributed by atoms with van der Waals surface area (Å²) in [5.41, 5.74) is 1.17. The number of benzene rings is 2. The molecule has 8 nitrogen and oxygen atoms in total. The summed E-state index contributed by atoms with van der Waals surface area (Å²) in [5.74, 6) is -1.24. The van der Waals surface area contributed by atoms with Gasteiger partial charge in [-0.3, -0.25) is 4.79 Å². The molecule has 1 heterocycles. The molecular weight excluding hydrogens is 468 g/mol. The van der Waals surface area contributed by atoms with E-state index in [2.05, 4.69) is 5.32 Å². The third-order valence-electron chi connectivity index (χ3n) is 5.21. The average molecular weight is 495 g/mol. The lowest BCUT2D eigenvalue weighted by Crippen LogP contribution is -2.40. The van der Waals surface area contributed by atoms with Gasteiger partial charge in [0.15, 0.2) is 6.61 Å². The molecule has 0 bridgehead atoms. The van der Waals surface area contributed by atoms with Gasteiger partial charge in [0.2, 0.25) is 10.0 Å². The molecule has 0 spiro atoms. The first-order valence-corrected chi connectivity index (χ1v) is 12.5. The second kappa shape index (κ2) is 11.6. The SMILES string of the molecule is CC(CCc1ccccc1)NC(=O)COC(=O)c1ccc(Cl)c(S(=O)(=O)N2CCOCC2)c1. The third kappa shape index (κ3) is 7.01. The molecule has 2 aromatic rings. The van der Waals surface area contributed by atoms with Gasteiger partial charge in [0.25, 0.3) is 5.91 Å². The zero-order chi connectivity index (χ0) is 23.8. The molecule has 1 amide bonds. The predicted octanol–water partition coefficient (Wildman–Crippen LogP) is 2.66. The van der Waals surface area contributed by atoms with Crippen LogP contribution in [0.4, 0.5) is 0 Å². The van der Waals surface area contributed by atoms with Crippen LogP contribution in [-0.4, -0.2) is 63.6 Å². The monoisotopic (exact) mass is 494 g/mol. The zero-order valence-corrected chi connectivity index (χ0v) is 19.9. The van der Waals surface area contributed by atoms with E-state index in [9.17, 15) is 18.0 Å². The Kier molecular flexibility index (Phi) is 8.85. The van der Waals surface area contributed by atoms with Gasteiger partial charge in [-0.1, -0.05) is 41.9 Å². The molecule has 10 heteroatoms. The largest absolute Gasteiger partial charge is 0.452 e. The Balaban J connectivity index is 1.54. The van der Waals surface area contributed by atoms with Crippen molar-refractivity contribution in [2.75, 3.05) is 32.9 Å². The van der Waals surface area contributed by atoms with E-state index < -0.39 is 28.5 Å². The lowest BCUT2D eigenvalue weighted by atomic mass is 10.1. The number of carbonyl (C=O) groups excluding carboxylic acids is 2. The summed E-state index contributed by atoms with van der Waals surface area (Å²) in [6, 6.07) is 13.7. The summed E-state index contributed by atoms with van der Waals surface area (Å²) in [6.45, 7) is 2.40. The van der Waals surface area contributed by atoms with Crippen LogP contribution in [0, 0.1) is 0 Å². The van der Waals surface area contributed by atoms with Gasteiger partial charge in [0, 0.05) is 19.1 Å². The van der Waals surface area contributed by atoms with Crippen molar-refractivity contribution in [3.63, 3.8) is 0 Å². The van der Waals surface area contributed by atoms with Gasteiger partial charge in [-0.2, -0.15) is 4.31 Å². The maximum atomic E-state index is 12.9. The number of sulfonamides is 1. The van der Waals surface area contributed by atoms with Crippen molar-refractivity contribution >= 4 is 33.5 Å². The number of morpholine rings is 1. The fraction of sp³-hybridized carbons (Fsp3) is 0.391. The highest BCUT2D eigenvalue weighted by molar-refractivity contribution is 7.89. The standard InChI is InChI=1S/C23H27ClN2O6S/c1-17(7-8-18-5-3-2-4-6-18)25-22(27)16-32-23(28)19-9-10-20(24)21(15-19)33(29,30)26-11-13-31-14-12-26/h2-6,9-10,15,17H,7-8,11-14,16H2,1H3,(H,25,27). The number of aryl methyl sites for hydroxylation is 1. The minimum Gasteiger partial charge on any atom is -0.452 e. The molecule has 2 aromatic carbocycles. The van der Waals surface area contributed by atoms with Crippen molar-refractivity contribution in [3.8, 4) is 0 Å². The number of esters is 1. The molecule has 1 saturated heterocycles. The summed E-state index contributed by atoms with van der Waals surface area (Å²) in [6.07, 6.45) is 1.55. The molecule has 0 radical (unpaired) electrons. The molecule has 1 N–H and O–H groups in total. The van der Waals surface area contributed by atoms with Crippen molar-refractivity contribution in [1.82, 2.24) is 9.62 Å². The van der Waals surface area contributed by atoms with Crippen molar-refractivity contribution in [2.24, 2.45) is 0 Å². The number of carbonyl (C=O) groups is 2. The van der Waals surface area contributed by atoms with Gasteiger partial charge < -0.3 is 14.8 Å². The number of nitrogens with one attached hydrogen (secondary N) is 1. The second-order valence-corrected chi connectivity index (χ2v) is 10.0. The number of rotatable bonds is 9. The van der Waals surface area contributed by atoms with Gasteiger partial charge in [-0.25, -0.2) is 13.2 Å². The number of amides is 1. The van der Waals surface area contributed by atoms with E-state index in [1.54, 1.807) is 0 Å². The molecule has 1 atom stereocenters. The van der Waals surface area contributed by atoms with E-state index in [1.165, 1.54) is 28.1 Å². The molecule has 1 aliphatic rings. The number of hydrogen-bond donors (Lipinski definition) is 1. The van der Waals surface area contributed by atoms with E-state index in [-0.39, 0.29) is 47.8 Å². The molecule has 1 unspecified atom stereocenters. The highest BCUT2D eigenvalue weighted by Gasteiger charge is 2.29. The average Bonchev–Trinajstić information content (AvgIpc) is 2.82. The van der Waals surface area contributed by atoms with E-state index in [0.717, 1.165) is 12.8 Å². The Morgan fingerprint density at radius 1 is 1.15 bits per heavy atom. The topological polar surface area (TPSA) is 102 Å². The normalized spacial score (nSPS) is 15.6. The predicted molar refractivity (Wildman–Crippen MR) is 124 cm³/mol. The van der Waals surface area contributed by atoms with Crippen LogP contribution in [-0.2, 0) is 30.7 Å². The molecule has 178 valence electrons. The molecule has 1 aliphatic heterocycles. The molecule has 0 aromatic heterocycles. The lowest BCUT2D eigenvalue weighted by molar-refractivity contribution is -0.124. The number of halogens is 1. The molecular formula is C23H27ClN2O6S. The Morgan fingerprint density at radius 2 is 1.85 bits per heavy atom. The van der Waals surface area contributed by atoms with Crippen LogP contribution >= 0.6 is 11.6 Å². The van der Waals surface area contributed by atoms with E-state index in [0.29, 0.717) is 0 Å². The first kappa shape index (κ1) is 25.2. The van der Waals surface area contributed by atoms with Crippen molar-refractivity contribution in [2.45, 2.75) is 30.7 Å². The van der Waals surface area contributed by atoms with Gasteiger partial charge >= 0.3 is 5.97 Å². The van der Waals surface area contributed by atoms with Crippen LogP contribution in [0.1, 0.15) is 29.3 Å². The molecule has 0 aliphatic carbocycles. The van der Waals surface area contributed by atoms with E-state index >= 15 is 0 Å². The van der Waals surface area contributed by atoms with Crippen molar-refractivity contribution in [1.29, 1.82) is 0 Å². The fourth-order valence-electron chi connectivity index (χ4n) is 3.38. The van der Waals surface area contributed by atoms with Gasteiger partial charge in [0.05, 0.1) is 23.8 Å².